The number of halogens is 2. The molecule has 0 aliphatic heterocycles. The van der Waals surface area contributed by atoms with E-state index in [1.165, 1.54) is 19.9 Å². The molecule has 0 saturated carbocycles. The molecule has 25 heavy (non-hydrogen) atoms. The van der Waals surface area contributed by atoms with E-state index >= 15 is 0 Å². The fourth-order valence-corrected chi connectivity index (χ4v) is 3.15. The van der Waals surface area contributed by atoms with Gasteiger partial charge in [-0.1, -0.05) is 43.1 Å². The Bertz CT molecular complexity index is 790. The fraction of sp³-hybridized carbons (Fsp3) is 0.467. The first kappa shape index (κ1) is 21.7. The summed E-state index contributed by atoms with van der Waals surface area (Å²) in [4.78, 5) is 12.4. The second-order valence-electron chi connectivity index (χ2n) is 6.14. The van der Waals surface area contributed by atoms with Gasteiger partial charge in [-0.15, -0.1) is 0 Å². The quantitative estimate of drug-likeness (QED) is 0.669. The van der Waals surface area contributed by atoms with E-state index in [9.17, 15) is 18.5 Å². The summed E-state index contributed by atoms with van der Waals surface area (Å²) in [5.41, 5.74) is -0.555. The Morgan fingerprint density at radius 3 is 2.52 bits per heavy atom. The lowest BCUT2D eigenvalue weighted by atomic mass is 9.79. The summed E-state index contributed by atoms with van der Waals surface area (Å²) in [7, 11) is -4.67. The zero-order valence-corrected chi connectivity index (χ0v) is 16.1. The van der Waals surface area contributed by atoms with Gasteiger partial charge >= 0.3 is 10.4 Å². The van der Waals surface area contributed by atoms with Crippen LogP contribution in [-0.4, -0.2) is 25.5 Å². The molecule has 0 spiro atoms. The van der Waals surface area contributed by atoms with E-state index in [0.29, 0.717) is 15.6 Å². The lowest BCUT2D eigenvalue weighted by Gasteiger charge is -2.29. The molecule has 7 nitrogen and oxygen atoms in total. The van der Waals surface area contributed by atoms with Crippen molar-refractivity contribution in [3.8, 4) is 6.07 Å². The highest BCUT2D eigenvalue weighted by Crippen LogP contribution is 2.30. The summed E-state index contributed by atoms with van der Waals surface area (Å²) < 4.78 is 34.4. The van der Waals surface area contributed by atoms with Gasteiger partial charge in [-0.3, -0.25) is 9.35 Å². The number of carbonyl (C=O) groups excluding carboxylic acids is 1. The highest BCUT2D eigenvalue weighted by molar-refractivity contribution is 7.80. The van der Waals surface area contributed by atoms with Crippen molar-refractivity contribution >= 4 is 39.5 Å². The molecule has 10 heteroatoms. The number of nitrogens with zero attached hydrogens (tertiary/aromatic N) is 1. The molecule has 2 atom stereocenters. The van der Waals surface area contributed by atoms with Crippen LogP contribution in [0.15, 0.2) is 18.2 Å². The standard InChI is InChI=1S/C15H18Cl2N2O5S/c1-9(11-5-4-10(16)6-13(11)17)19-14(20)12(7-18)15(2,3)8-24-25(21,22)23/h4-6,9,12H,8H2,1-3H3,(H,19,20)(H,21,22,23). The Morgan fingerprint density at radius 2 is 2.04 bits per heavy atom. The van der Waals surface area contributed by atoms with Crippen LogP contribution in [0, 0.1) is 22.7 Å². The lowest BCUT2D eigenvalue weighted by molar-refractivity contribution is -0.127. The molecule has 2 N–H and O–H groups in total. The molecule has 1 aromatic carbocycles. The molecule has 1 rings (SSSR count). The van der Waals surface area contributed by atoms with Gasteiger partial charge in [0.1, 0.15) is 5.92 Å². The molecule has 1 aromatic rings. The Balaban J connectivity index is 2.90. The fourth-order valence-electron chi connectivity index (χ4n) is 2.13. The predicted octanol–water partition coefficient (Wildman–Crippen LogP) is 3.16. The van der Waals surface area contributed by atoms with Gasteiger partial charge in [0.05, 0.1) is 18.7 Å². The van der Waals surface area contributed by atoms with E-state index in [-0.39, 0.29) is 0 Å². The highest BCUT2D eigenvalue weighted by Gasteiger charge is 2.37. The summed E-state index contributed by atoms with van der Waals surface area (Å²) in [6.45, 7) is 4.11. The van der Waals surface area contributed by atoms with Crippen LogP contribution >= 0.6 is 23.2 Å². The number of benzene rings is 1. The molecule has 0 aliphatic carbocycles. The van der Waals surface area contributed by atoms with Crippen molar-refractivity contribution in [2.45, 2.75) is 26.8 Å². The number of hydrogen-bond donors (Lipinski definition) is 2. The normalized spacial score (nSPS) is 14.4. The van der Waals surface area contributed by atoms with Gasteiger partial charge in [0, 0.05) is 15.5 Å². The van der Waals surface area contributed by atoms with Crippen molar-refractivity contribution in [3.05, 3.63) is 33.8 Å². The van der Waals surface area contributed by atoms with E-state index in [4.69, 9.17) is 27.8 Å². The van der Waals surface area contributed by atoms with Crippen LogP contribution in [0.4, 0.5) is 0 Å². The van der Waals surface area contributed by atoms with Crippen LogP contribution in [0.5, 0.6) is 0 Å². The minimum atomic E-state index is -4.67. The summed E-state index contributed by atoms with van der Waals surface area (Å²) in [6.07, 6.45) is 0. The van der Waals surface area contributed by atoms with Crippen molar-refractivity contribution in [2.75, 3.05) is 6.61 Å². The largest absolute Gasteiger partial charge is 0.397 e. The first-order chi connectivity index (χ1) is 11.4. The Labute approximate surface area is 156 Å². The SMILES string of the molecule is CC(NC(=O)C(C#N)C(C)(C)COS(=O)(=O)O)c1ccc(Cl)cc1Cl. The molecule has 1 amide bonds. The minimum absolute atomic E-state index is 0.364. The van der Waals surface area contributed by atoms with Gasteiger partial charge < -0.3 is 5.32 Å². The van der Waals surface area contributed by atoms with Gasteiger partial charge in [-0.05, 0) is 24.6 Å². The van der Waals surface area contributed by atoms with E-state index in [1.54, 1.807) is 19.1 Å². The first-order valence-corrected chi connectivity index (χ1v) is 9.26. The maximum atomic E-state index is 12.4. The first-order valence-electron chi connectivity index (χ1n) is 7.14. The number of nitriles is 1. The number of carbonyl (C=O) groups is 1. The molecule has 2 unspecified atom stereocenters. The molecule has 138 valence electrons. The number of hydrogen-bond acceptors (Lipinski definition) is 5. The lowest BCUT2D eigenvalue weighted by Crippen LogP contribution is -2.42. The highest BCUT2D eigenvalue weighted by atomic mass is 35.5. The Hall–Kier alpha value is -1.37. The maximum Gasteiger partial charge on any atom is 0.397 e. The monoisotopic (exact) mass is 408 g/mol. The molecular weight excluding hydrogens is 391 g/mol. The van der Waals surface area contributed by atoms with Gasteiger partial charge in [-0.2, -0.15) is 13.7 Å². The summed E-state index contributed by atoms with van der Waals surface area (Å²) in [5, 5.41) is 12.8. The molecule has 0 radical (unpaired) electrons. The third-order valence-corrected chi connectivity index (χ3v) is 4.52. The van der Waals surface area contributed by atoms with Gasteiger partial charge in [-0.25, -0.2) is 4.18 Å². The van der Waals surface area contributed by atoms with E-state index < -0.39 is 40.3 Å². The van der Waals surface area contributed by atoms with Crippen molar-refractivity contribution in [2.24, 2.45) is 11.3 Å². The summed E-state index contributed by atoms with van der Waals surface area (Å²) in [5.74, 6) is -1.84. The molecule has 0 saturated heterocycles. The molecule has 0 heterocycles. The second-order valence-corrected chi connectivity index (χ2v) is 8.07. The third kappa shape index (κ3) is 6.45. The number of amides is 1. The molecule has 0 bridgehead atoms. The number of nitrogens with one attached hydrogen (secondary N) is 1. The molecule has 0 aromatic heterocycles. The van der Waals surface area contributed by atoms with Crippen LogP contribution in [0.1, 0.15) is 32.4 Å². The van der Waals surface area contributed by atoms with Crippen LogP contribution in [0.2, 0.25) is 10.0 Å². The molecule has 0 aliphatic rings. The molecular formula is C15H18Cl2N2O5S. The van der Waals surface area contributed by atoms with Crippen LogP contribution in [-0.2, 0) is 19.4 Å². The number of rotatable bonds is 7. The van der Waals surface area contributed by atoms with Crippen LogP contribution in [0.3, 0.4) is 0 Å². The van der Waals surface area contributed by atoms with Crippen molar-refractivity contribution in [1.82, 2.24) is 5.32 Å². The second kappa shape index (κ2) is 8.34. The van der Waals surface area contributed by atoms with E-state index in [1.807, 2.05) is 6.07 Å². The maximum absolute atomic E-state index is 12.4. The van der Waals surface area contributed by atoms with Crippen LogP contribution < -0.4 is 5.32 Å². The minimum Gasteiger partial charge on any atom is -0.348 e. The molecule has 0 fully saturated rings. The Morgan fingerprint density at radius 1 is 1.44 bits per heavy atom. The third-order valence-electron chi connectivity index (χ3n) is 3.54. The van der Waals surface area contributed by atoms with Crippen molar-refractivity contribution < 1.29 is 21.9 Å². The average molecular weight is 409 g/mol. The van der Waals surface area contributed by atoms with Gasteiger partial charge in [0.15, 0.2) is 0 Å². The van der Waals surface area contributed by atoms with Gasteiger partial charge in [0.25, 0.3) is 0 Å². The summed E-state index contributed by atoms with van der Waals surface area (Å²) >= 11 is 11.9. The predicted molar refractivity (Wildman–Crippen MR) is 93.4 cm³/mol. The van der Waals surface area contributed by atoms with E-state index in [2.05, 4.69) is 9.50 Å². The average Bonchev–Trinajstić information content (AvgIpc) is 2.44. The van der Waals surface area contributed by atoms with Gasteiger partial charge in [0.2, 0.25) is 5.91 Å². The van der Waals surface area contributed by atoms with Crippen molar-refractivity contribution in [1.29, 1.82) is 5.26 Å². The van der Waals surface area contributed by atoms with E-state index in [0.717, 1.165) is 0 Å². The zero-order chi connectivity index (χ0) is 19.4. The summed E-state index contributed by atoms with van der Waals surface area (Å²) in [6, 6.07) is 6.14. The zero-order valence-electron chi connectivity index (χ0n) is 13.8. The smallest absolute Gasteiger partial charge is 0.348 e. The Kier molecular flexibility index (Phi) is 7.23. The van der Waals surface area contributed by atoms with Crippen molar-refractivity contribution in [3.63, 3.8) is 0 Å². The van der Waals surface area contributed by atoms with Crippen LogP contribution in [0.25, 0.3) is 0 Å². The topological polar surface area (TPSA) is 116 Å².